The maximum atomic E-state index is 13.8. The van der Waals surface area contributed by atoms with Crippen molar-refractivity contribution >= 4 is 23.2 Å². The second-order valence-electron chi connectivity index (χ2n) is 7.40. The minimum Gasteiger partial charge on any atom is -0.481 e. The van der Waals surface area contributed by atoms with Crippen molar-refractivity contribution in [3.63, 3.8) is 0 Å². The van der Waals surface area contributed by atoms with E-state index in [9.17, 15) is 19.2 Å². The van der Waals surface area contributed by atoms with Crippen LogP contribution in [0.2, 0.25) is 5.02 Å². The number of benzene rings is 1. The molecule has 12 heteroatoms. The average Bonchev–Trinajstić information content (AvgIpc) is 2.83. The van der Waals surface area contributed by atoms with E-state index in [0.29, 0.717) is 5.56 Å². The van der Waals surface area contributed by atoms with Gasteiger partial charge in [-0.1, -0.05) is 17.7 Å². The monoisotopic (exact) mass is 493 g/mol. The third kappa shape index (κ3) is 4.87. The lowest BCUT2D eigenvalue weighted by molar-refractivity contribution is 0.398. The molecule has 0 aliphatic rings. The van der Waals surface area contributed by atoms with E-state index >= 15 is 0 Å². The van der Waals surface area contributed by atoms with Gasteiger partial charge in [0.15, 0.2) is 0 Å². The van der Waals surface area contributed by atoms with Crippen LogP contribution < -0.4 is 21.4 Å². The first-order valence-electron chi connectivity index (χ1n) is 10.1. The quantitative estimate of drug-likeness (QED) is 0.434. The van der Waals surface area contributed by atoms with Crippen LogP contribution in [0.25, 0.3) is 5.69 Å². The number of halogens is 2. The molecule has 35 heavy (non-hydrogen) atoms. The van der Waals surface area contributed by atoms with Crippen LogP contribution in [0.3, 0.4) is 0 Å². The van der Waals surface area contributed by atoms with Gasteiger partial charge in [-0.2, -0.15) is 10.2 Å². The van der Waals surface area contributed by atoms with Gasteiger partial charge in [-0.25, -0.2) is 23.5 Å². The molecule has 0 fully saturated rings. The second kappa shape index (κ2) is 9.74. The molecule has 10 nitrogen and oxygen atoms in total. The van der Waals surface area contributed by atoms with Crippen molar-refractivity contribution < 1.29 is 9.13 Å². The van der Waals surface area contributed by atoms with Crippen molar-refractivity contribution in [1.82, 2.24) is 24.1 Å². The SMILES string of the molecule is COc1cc(Cl)c(Nc2nc(=O)n(-c3cncc(C)c3)c(=O)n2Cc2ccc(F)c(C#N)c2)cn1. The number of hydrogen-bond acceptors (Lipinski definition) is 8. The van der Waals surface area contributed by atoms with Crippen LogP contribution >= 0.6 is 11.6 Å². The predicted octanol–water partition coefficient (Wildman–Crippen LogP) is 2.96. The topological polar surface area (TPSA) is 128 Å². The number of ether oxygens (including phenoxy) is 1. The van der Waals surface area contributed by atoms with E-state index in [4.69, 9.17) is 16.3 Å². The molecule has 0 radical (unpaired) electrons. The molecule has 0 saturated heterocycles. The zero-order valence-corrected chi connectivity index (χ0v) is 19.2. The Bertz CT molecular complexity index is 1590. The summed E-state index contributed by atoms with van der Waals surface area (Å²) in [5, 5.41) is 12.2. The van der Waals surface area contributed by atoms with E-state index in [1.807, 2.05) is 0 Å². The molecule has 0 aliphatic carbocycles. The van der Waals surface area contributed by atoms with Crippen molar-refractivity contribution in [2.45, 2.75) is 13.5 Å². The van der Waals surface area contributed by atoms with Gasteiger partial charge in [0.2, 0.25) is 11.8 Å². The van der Waals surface area contributed by atoms with Crippen LogP contribution in [0, 0.1) is 24.1 Å². The van der Waals surface area contributed by atoms with Gasteiger partial charge < -0.3 is 10.1 Å². The first-order chi connectivity index (χ1) is 16.8. The van der Waals surface area contributed by atoms with Crippen LogP contribution in [-0.4, -0.2) is 31.2 Å². The van der Waals surface area contributed by atoms with E-state index in [0.717, 1.165) is 16.2 Å². The molecule has 0 spiro atoms. The Balaban J connectivity index is 1.89. The molecule has 3 aromatic heterocycles. The zero-order valence-electron chi connectivity index (χ0n) is 18.5. The second-order valence-corrected chi connectivity index (χ2v) is 7.81. The van der Waals surface area contributed by atoms with Gasteiger partial charge in [0.1, 0.15) is 11.9 Å². The molecule has 3 heterocycles. The van der Waals surface area contributed by atoms with Crippen LogP contribution in [-0.2, 0) is 6.54 Å². The van der Waals surface area contributed by atoms with E-state index in [1.54, 1.807) is 25.3 Å². The lowest BCUT2D eigenvalue weighted by Gasteiger charge is -2.16. The Morgan fingerprint density at radius 2 is 2.00 bits per heavy atom. The highest BCUT2D eigenvalue weighted by Crippen LogP contribution is 2.26. The summed E-state index contributed by atoms with van der Waals surface area (Å²) in [6.07, 6.45) is 4.31. The summed E-state index contributed by atoms with van der Waals surface area (Å²) in [7, 11) is 1.43. The first kappa shape index (κ1) is 23.6. The lowest BCUT2D eigenvalue weighted by atomic mass is 10.1. The summed E-state index contributed by atoms with van der Waals surface area (Å²) in [5.74, 6) is -0.552. The van der Waals surface area contributed by atoms with Crippen LogP contribution in [0.1, 0.15) is 16.7 Å². The molecule has 1 aromatic carbocycles. The molecular weight excluding hydrogens is 477 g/mol. The number of pyridine rings is 2. The van der Waals surface area contributed by atoms with Gasteiger partial charge in [0.05, 0.1) is 48.0 Å². The molecule has 176 valence electrons. The zero-order chi connectivity index (χ0) is 25.1. The van der Waals surface area contributed by atoms with Gasteiger partial charge in [0.25, 0.3) is 0 Å². The Labute approximate surface area is 202 Å². The largest absolute Gasteiger partial charge is 0.481 e. The third-order valence-electron chi connectivity index (χ3n) is 4.97. The fraction of sp³-hybridized carbons (Fsp3) is 0.130. The number of hydrogen-bond donors (Lipinski definition) is 1. The number of methoxy groups -OCH3 is 1. The minimum atomic E-state index is -0.851. The summed E-state index contributed by atoms with van der Waals surface area (Å²) >= 11 is 6.28. The fourth-order valence-corrected chi connectivity index (χ4v) is 3.48. The summed E-state index contributed by atoms with van der Waals surface area (Å²) in [5.41, 5.74) is -0.113. The standard InChI is InChI=1S/C23H17ClFN7O3/c1-13-5-16(10-27-9-13)32-22(33)30-21(29-19-11-28-20(35-2)7-17(19)24)31(23(32)34)12-14-3-4-18(25)15(6-14)8-26/h3-7,9-11H,12H2,1-2H3,(H,29,30,33). The smallest absolute Gasteiger partial charge is 0.359 e. The molecule has 0 amide bonds. The van der Waals surface area contributed by atoms with Crippen LogP contribution in [0.15, 0.2) is 58.5 Å². The van der Waals surface area contributed by atoms with Crippen LogP contribution in [0.5, 0.6) is 5.88 Å². The summed E-state index contributed by atoms with van der Waals surface area (Å²) in [6.45, 7) is 1.63. The number of rotatable bonds is 6. The highest BCUT2D eigenvalue weighted by atomic mass is 35.5. The Morgan fingerprint density at radius 1 is 1.20 bits per heavy atom. The van der Waals surface area contributed by atoms with Crippen molar-refractivity contribution in [3.8, 4) is 17.6 Å². The van der Waals surface area contributed by atoms with Gasteiger partial charge >= 0.3 is 11.4 Å². The average molecular weight is 494 g/mol. The number of nitrogens with one attached hydrogen (secondary N) is 1. The Hall–Kier alpha value is -4.56. The van der Waals surface area contributed by atoms with Gasteiger partial charge in [0, 0.05) is 12.3 Å². The van der Waals surface area contributed by atoms with Crippen molar-refractivity contribution in [2.24, 2.45) is 0 Å². The van der Waals surface area contributed by atoms with E-state index in [-0.39, 0.29) is 40.3 Å². The maximum Gasteiger partial charge on any atom is 0.359 e. The lowest BCUT2D eigenvalue weighted by Crippen LogP contribution is -2.41. The van der Waals surface area contributed by atoms with Gasteiger partial charge in [-0.05, 0) is 36.2 Å². The van der Waals surface area contributed by atoms with Crippen molar-refractivity contribution in [1.29, 1.82) is 5.26 Å². The minimum absolute atomic E-state index is 0.131. The van der Waals surface area contributed by atoms with Crippen molar-refractivity contribution in [3.05, 3.63) is 97.4 Å². The number of nitrogens with zero attached hydrogens (tertiary/aromatic N) is 6. The highest BCUT2D eigenvalue weighted by Gasteiger charge is 2.17. The van der Waals surface area contributed by atoms with E-state index in [1.165, 1.54) is 42.3 Å². The molecule has 0 bridgehead atoms. The molecule has 0 unspecified atom stereocenters. The normalized spacial score (nSPS) is 10.6. The van der Waals surface area contributed by atoms with Crippen molar-refractivity contribution in [2.75, 3.05) is 12.4 Å². The third-order valence-corrected chi connectivity index (χ3v) is 5.28. The number of nitriles is 1. The van der Waals surface area contributed by atoms with Gasteiger partial charge in [-0.15, -0.1) is 0 Å². The summed E-state index contributed by atoms with van der Waals surface area (Å²) < 4.78 is 20.9. The molecule has 1 N–H and O–H groups in total. The predicted molar refractivity (Wildman–Crippen MR) is 126 cm³/mol. The number of aromatic nitrogens is 5. The molecule has 4 aromatic rings. The highest BCUT2D eigenvalue weighted by molar-refractivity contribution is 6.33. The summed E-state index contributed by atoms with van der Waals surface area (Å²) in [4.78, 5) is 38.6. The number of aryl methyl sites for hydroxylation is 1. The Morgan fingerprint density at radius 3 is 2.69 bits per heavy atom. The molecular formula is C23H17ClFN7O3. The first-order valence-corrected chi connectivity index (χ1v) is 10.5. The Kier molecular flexibility index (Phi) is 6.57. The summed E-state index contributed by atoms with van der Waals surface area (Å²) in [6, 6.07) is 8.71. The maximum absolute atomic E-state index is 13.8. The molecule has 0 atom stereocenters. The number of anilines is 2. The molecule has 4 rings (SSSR count). The van der Waals surface area contributed by atoms with E-state index in [2.05, 4.69) is 20.3 Å². The molecule has 0 aliphatic heterocycles. The van der Waals surface area contributed by atoms with E-state index < -0.39 is 17.2 Å². The molecule has 0 saturated carbocycles. The fourth-order valence-electron chi connectivity index (χ4n) is 3.29. The van der Waals surface area contributed by atoms with Gasteiger partial charge in [-0.3, -0.25) is 9.55 Å². The van der Waals surface area contributed by atoms with Crippen LogP contribution in [0.4, 0.5) is 16.0 Å².